The topological polar surface area (TPSA) is 58.4 Å². The van der Waals surface area contributed by atoms with E-state index >= 15 is 0 Å². The molecule has 0 bridgehead atoms. The Morgan fingerprint density at radius 2 is 2.00 bits per heavy atom. The second-order valence-corrected chi connectivity index (χ2v) is 5.54. The highest BCUT2D eigenvalue weighted by atomic mass is 16.2. The van der Waals surface area contributed by atoms with Gasteiger partial charge in [-0.3, -0.25) is 0 Å². The summed E-state index contributed by atoms with van der Waals surface area (Å²) in [5.74, 6) is 0. The minimum Gasteiger partial charge on any atom is -0.329 e. The van der Waals surface area contributed by atoms with Crippen LogP contribution in [0.15, 0.2) is 24.3 Å². The molecule has 1 atom stereocenters. The summed E-state index contributed by atoms with van der Waals surface area (Å²) in [4.78, 5) is 13.8. The van der Waals surface area contributed by atoms with Gasteiger partial charge >= 0.3 is 6.03 Å². The Labute approximate surface area is 108 Å². The summed E-state index contributed by atoms with van der Waals surface area (Å²) in [7, 11) is 0. The first-order chi connectivity index (χ1) is 8.44. The standard InChI is InChI=1S/C14H21N3O/c1-10-4-6-11(7-5-10)12-8-17(13(18)16-12)14(2,3)9-15/h4-7,12H,8-9,15H2,1-3H3,(H,16,18). The summed E-state index contributed by atoms with van der Waals surface area (Å²) in [6, 6.07) is 8.30. The van der Waals surface area contributed by atoms with Gasteiger partial charge in [0.05, 0.1) is 11.6 Å². The van der Waals surface area contributed by atoms with Crippen LogP contribution < -0.4 is 11.1 Å². The quantitative estimate of drug-likeness (QED) is 0.855. The minimum absolute atomic E-state index is 0.0315. The third-order valence-corrected chi connectivity index (χ3v) is 3.62. The highest BCUT2D eigenvalue weighted by Gasteiger charge is 2.38. The summed E-state index contributed by atoms with van der Waals surface area (Å²) in [5.41, 5.74) is 7.80. The summed E-state index contributed by atoms with van der Waals surface area (Å²) in [5, 5.41) is 3.01. The summed E-state index contributed by atoms with van der Waals surface area (Å²) in [6.07, 6.45) is 0. The Morgan fingerprint density at radius 1 is 1.39 bits per heavy atom. The maximum absolute atomic E-state index is 12.0. The number of carbonyl (C=O) groups excluding carboxylic acids is 1. The molecular weight excluding hydrogens is 226 g/mol. The molecule has 1 saturated heterocycles. The van der Waals surface area contributed by atoms with Crippen LogP contribution in [0.5, 0.6) is 0 Å². The highest BCUT2D eigenvalue weighted by molar-refractivity contribution is 5.78. The van der Waals surface area contributed by atoms with Crippen LogP contribution in [0.1, 0.15) is 31.0 Å². The van der Waals surface area contributed by atoms with E-state index in [-0.39, 0.29) is 17.6 Å². The third-order valence-electron chi connectivity index (χ3n) is 3.62. The van der Waals surface area contributed by atoms with Gasteiger partial charge in [0.2, 0.25) is 0 Å². The molecule has 1 heterocycles. The molecule has 2 amide bonds. The number of hydrogen-bond donors (Lipinski definition) is 2. The summed E-state index contributed by atoms with van der Waals surface area (Å²) < 4.78 is 0. The number of rotatable bonds is 3. The Morgan fingerprint density at radius 3 is 2.56 bits per heavy atom. The molecule has 1 aromatic carbocycles. The van der Waals surface area contributed by atoms with Crippen molar-refractivity contribution in [2.75, 3.05) is 13.1 Å². The van der Waals surface area contributed by atoms with Gasteiger partial charge in [-0.2, -0.15) is 0 Å². The van der Waals surface area contributed by atoms with Crippen molar-refractivity contribution in [2.45, 2.75) is 32.4 Å². The smallest absolute Gasteiger partial charge is 0.318 e. The molecule has 1 aliphatic rings. The van der Waals surface area contributed by atoms with E-state index in [1.54, 1.807) is 0 Å². The summed E-state index contributed by atoms with van der Waals surface area (Å²) in [6.45, 7) is 7.17. The van der Waals surface area contributed by atoms with Crippen LogP contribution in [0.2, 0.25) is 0 Å². The average Bonchev–Trinajstić information content (AvgIpc) is 2.73. The molecule has 1 fully saturated rings. The second-order valence-electron chi connectivity index (χ2n) is 5.54. The number of nitrogens with one attached hydrogen (secondary N) is 1. The van der Waals surface area contributed by atoms with E-state index in [0.717, 1.165) is 5.56 Å². The molecule has 1 unspecified atom stereocenters. The van der Waals surface area contributed by atoms with Crippen molar-refractivity contribution in [3.63, 3.8) is 0 Å². The van der Waals surface area contributed by atoms with Crippen LogP contribution in [0.3, 0.4) is 0 Å². The predicted molar refractivity (Wildman–Crippen MR) is 72.3 cm³/mol. The molecule has 0 aromatic heterocycles. The number of benzene rings is 1. The van der Waals surface area contributed by atoms with Gasteiger partial charge in [0, 0.05) is 13.1 Å². The largest absolute Gasteiger partial charge is 0.329 e. The molecule has 2 rings (SSSR count). The van der Waals surface area contributed by atoms with E-state index in [1.165, 1.54) is 5.56 Å². The molecule has 18 heavy (non-hydrogen) atoms. The van der Waals surface area contributed by atoms with E-state index in [9.17, 15) is 4.79 Å². The van der Waals surface area contributed by atoms with Crippen LogP contribution in [-0.2, 0) is 0 Å². The fourth-order valence-electron chi connectivity index (χ4n) is 2.16. The van der Waals surface area contributed by atoms with Crippen LogP contribution >= 0.6 is 0 Å². The lowest BCUT2D eigenvalue weighted by Gasteiger charge is -2.33. The third kappa shape index (κ3) is 2.34. The zero-order chi connectivity index (χ0) is 13.3. The van der Waals surface area contributed by atoms with Gasteiger partial charge in [-0.05, 0) is 26.3 Å². The van der Waals surface area contributed by atoms with E-state index < -0.39 is 0 Å². The fourth-order valence-corrected chi connectivity index (χ4v) is 2.16. The molecule has 0 spiro atoms. The van der Waals surface area contributed by atoms with Crippen LogP contribution in [0.4, 0.5) is 4.79 Å². The Balaban J connectivity index is 2.16. The maximum Gasteiger partial charge on any atom is 0.318 e. The molecule has 4 heteroatoms. The Hall–Kier alpha value is -1.55. The zero-order valence-electron chi connectivity index (χ0n) is 11.2. The van der Waals surface area contributed by atoms with Gasteiger partial charge in [-0.25, -0.2) is 4.79 Å². The first-order valence-corrected chi connectivity index (χ1v) is 6.29. The van der Waals surface area contributed by atoms with Crippen LogP contribution in [0, 0.1) is 6.92 Å². The van der Waals surface area contributed by atoms with Crippen molar-refractivity contribution >= 4 is 6.03 Å². The van der Waals surface area contributed by atoms with Crippen molar-refractivity contribution in [3.8, 4) is 0 Å². The van der Waals surface area contributed by atoms with E-state index in [2.05, 4.69) is 36.5 Å². The molecule has 0 radical (unpaired) electrons. The van der Waals surface area contributed by atoms with E-state index in [0.29, 0.717) is 13.1 Å². The number of aryl methyl sites for hydroxylation is 1. The number of hydrogen-bond acceptors (Lipinski definition) is 2. The lowest BCUT2D eigenvalue weighted by Crippen LogP contribution is -2.50. The number of nitrogens with two attached hydrogens (primary N) is 1. The maximum atomic E-state index is 12.0. The number of amides is 2. The van der Waals surface area contributed by atoms with Crippen molar-refractivity contribution in [3.05, 3.63) is 35.4 Å². The van der Waals surface area contributed by atoms with Gasteiger partial charge < -0.3 is 16.0 Å². The van der Waals surface area contributed by atoms with Crippen molar-refractivity contribution in [2.24, 2.45) is 5.73 Å². The molecule has 3 N–H and O–H groups in total. The Kier molecular flexibility index (Phi) is 3.30. The SMILES string of the molecule is Cc1ccc(C2CN(C(C)(C)CN)C(=O)N2)cc1. The first kappa shape index (κ1) is 12.9. The molecule has 0 saturated carbocycles. The van der Waals surface area contributed by atoms with Gasteiger partial charge in [0.1, 0.15) is 0 Å². The molecule has 4 nitrogen and oxygen atoms in total. The molecule has 1 aliphatic heterocycles. The van der Waals surface area contributed by atoms with E-state index in [4.69, 9.17) is 5.73 Å². The minimum atomic E-state index is -0.302. The van der Waals surface area contributed by atoms with Crippen molar-refractivity contribution in [1.82, 2.24) is 10.2 Å². The first-order valence-electron chi connectivity index (χ1n) is 6.29. The highest BCUT2D eigenvalue weighted by Crippen LogP contribution is 2.26. The van der Waals surface area contributed by atoms with Crippen molar-refractivity contribution < 1.29 is 4.79 Å². The van der Waals surface area contributed by atoms with Crippen molar-refractivity contribution in [1.29, 1.82) is 0 Å². The molecular formula is C14H21N3O. The van der Waals surface area contributed by atoms with Gasteiger partial charge in [-0.1, -0.05) is 29.8 Å². The number of urea groups is 1. The molecule has 1 aromatic rings. The fraction of sp³-hybridized carbons (Fsp3) is 0.500. The Bertz CT molecular complexity index is 439. The zero-order valence-corrected chi connectivity index (χ0v) is 11.2. The van der Waals surface area contributed by atoms with Crippen LogP contribution in [0.25, 0.3) is 0 Å². The van der Waals surface area contributed by atoms with Gasteiger partial charge in [0.15, 0.2) is 0 Å². The second kappa shape index (κ2) is 4.61. The lowest BCUT2D eigenvalue weighted by molar-refractivity contribution is 0.163. The van der Waals surface area contributed by atoms with Gasteiger partial charge in [0.25, 0.3) is 0 Å². The van der Waals surface area contributed by atoms with Crippen LogP contribution in [-0.4, -0.2) is 29.6 Å². The number of nitrogens with zero attached hydrogens (tertiary/aromatic N) is 1. The number of carbonyl (C=O) groups is 1. The molecule has 98 valence electrons. The van der Waals surface area contributed by atoms with Gasteiger partial charge in [-0.15, -0.1) is 0 Å². The predicted octanol–water partition coefficient (Wildman–Crippen LogP) is 1.80. The van der Waals surface area contributed by atoms with E-state index in [1.807, 2.05) is 18.7 Å². The monoisotopic (exact) mass is 247 g/mol. The lowest BCUT2D eigenvalue weighted by atomic mass is 10.0. The summed E-state index contributed by atoms with van der Waals surface area (Å²) >= 11 is 0. The normalized spacial score (nSPS) is 20.1. The average molecular weight is 247 g/mol. The molecule has 0 aliphatic carbocycles.